The lowest BCUT2D eigenvalue weighted by Crippen LogP contribution is -2.27. The lowest BCUT2D eigenvalue weighted by molar-refractivity contribution is -0.137. The number of hydrogen-bond donors (Lipinski definition) is 0. The van der Waals surface area contributed by atoms with Gasteiger partial charge in [0, 0.05) is 13.6 Å². The lowest BCUT2D eigenvalue weighted by Gasteiger charge is -2.18. The van der Waals surface area contributed by atoms with Crippen LogP contribution in [-0.2, 0) is 23.9 Å². The minimum Gasteiger partial charge on any atom is -0.435 e. The first-order chi connectivity index (χ1) is 12.1. The second-order valence-electron chi connectivity index (χ2n) is 5.64. The minimum absolute atomic E-state index is 0.00527. The van der Waals surface area contributed by atoms with E-state index in [0.29, 0.717) is 11.1 Å². The van der Waals surface area contributed by atoms with Crippen LogP contribution in [-0.4, -0.2) is 24.5 Å². The van der Waals surface area contributed by atoms with Gasteiger partial charge in [-0.1, -0.05) is 24.3 Å². The van der Waals surface area contributed by atoms with E-state index in [-0.39, 0.29) is 24.6 Å². The van der Waals surface area contributed by atoms with Gasteiger partial charge >= 0.3 is 12.8 Å². The summed E-state index contributed by atoms with van der Waals surface area (Å²) in [5.74, 6) is -0.262. The van der Waals surface area contributed by atoms with Crippen LogP contribution in [0.25, 0.3) is 0 Å². The van der Waals surface area contributed by atoms with E-state index in [4.69, 9.17) is 0 Å². The van der Waals surface area contributed by atoms with Gasteiger partial charge in [-0.15, -0.1) is 0 Å². The topological polar surface area (TPSA) is 29.5 Å². The number of hydrogen-bond acceptors (Lipinski definition) is 2. The first-order valence-corrected chi connectivity index (χ1v) is 7.59. The highest BCUT2D eigenvalue weighted by atomic mass is 19.4. The van der Waals surface area contributed by atoms with E-state index in [1.807, 2.05) is 0 Å². The molecule has 0 spiro atoms. The van der Waals surface area contributed by atoms with E-state index in [0.717, 1.165) is 12.1 Å². The molecule has 2 aromatic rings. The van der Waals surface area contributed by atoms with Gasteiger partial charge in [-0.25, -0.2) is 0 Å². The Morgan fingerprint density at radius 3 is 2.04 bits per heavy atom. The molecule has 0 unspecified atom stereocenters. The second kappa shape index (κ2) is 8.16. The molecule has 0 aliphatic carbocycles. The number of benzene rings is 2. The average molecular weight is 373 g/mol. The standard InChI is InChI=1S/C18H16F5NO2/c1-24(11-13-2-6-14(7-3-13)18(21,22)23)16(25)10-12-4-8-15(9-5-12)26-17(19)20/h2-9,17H,10-11H2,1H3. The molecule has 2 rings (SSSR count). The van der Waals surface area contributed by atoms with Crippen molar-refractivity contribution in [1.29, 1.82) is 0 Å². The predicted molar refractivity (Wildman–Crippen MR) is 84.7 cm³/mol. The highest BCUT2D eigenvalue weighted by molar-refractivity contribution is 5.78. The fourth-order valence-electron chi connectivity index (χ4n) is 2.26. The SMILES string of the molecule is CN(Cc1ccc(C(F)(F)F)cc1)C(=O)Cc1ccc(OC(F)F)cc1. The third kappa shape index (κ3) is 5.72. The van der Waals surface area contributed by atoms with E-state index in [2.05, 4.69) is 4.74 Å². The van der Waals surface area contributed by atoms with Crippen LogP contribution in [0, 0.1) is 0 Å². The van der Waals surface area contributed by atoms with Crippen molar-refractivity contribution in [2.75, 3.05) is 7.05 Å². The molecular formula is C18H16F5NO2. The normalized spacial score (nSPS) is 11.5. The first-order valence-electron chi connectivity index (χ1n) is 7.59. The van der Waals surface area contributed by atoms with Gasteiger partial charge in [0.1, 0.15) is 5.75 Å². The molecule has 3 nitrogen and oxygen atoms in total. The number of halogens is 5. The lowest BCUT2D eigenvalue weighted by atomic mass is 10.1. The zero-order valence-corrected chi connectivity index (χ0v) is 13.8. The van der Waals surface area contributed by atoms with E-state index in [9.17, 15) is 26.7 Å². The van der Waals surface area contributed by atoms with Crippen LogP contribution >= 0.6 is 0 Å². The summed E-state index contributed by atoms with van der Waals surface area (Å²) in [5.41, 5.74) is 0.423. The van der Waals surface area contributed by atoms with Crippen molar-refractivity contribution in [3.8, 4) is 5.75 Å². The van der Waals surface area contributed by atoms with Gasteiger partial charge < -0.3 is 9.64 Å². The molecule has 0 aliphatic rings. The molecule has 8 heteroatoms. The Bertz CT molecular complexity index is 727. The predicted octanol–water partition coefficient (Wildman–Crippen LogP) is 4.51. The number of carbonyl (C=O) groups is 1. The largest absolute Gasteiger partial charge is 0.435 e. The smallest absolute Gasteiger partial charge is 0.416 e. The van der Waals surface area contributed by atoms with Gasteiger partial charge in [-0.2, -0.15) is 22.0 Å². The van der Waals surface area contributed by atoms with Gasteiger partial charge in [0.2, 0.25) is 5.91 Å². The van der Waals surface area contributed by atoms with Crippen molar-refractivity contribution in [1.82, 2.24) is 4.90 Å². The molecule has 0 fully saturated rings. The molecule has 0 saturated carbocycles. The third-order valence-corrected chi connectivity index (χ3v) is 3.63. The van der Waals surface area contributed by atoms with Crippen LogP contribution in [0.4, 0.5) is 22.0 Å². The zero-order valence-electron chi connectivity index (χ0n) is 13.8. The second-order valence-corrected chi connectivity index (χ2v) is 5.64. The minimum atomic E-state index is -4.40. The number of alkyl halides is 5. The maximum Gasteiger partial charge on any atom is 0.416 e. The number of nitrogens with zero attached hydrogens (tertiary/aromatic N) is 1. The Morgan fingerprint density at radius 2 is 1.54 bits per heavy atom. The summed E-state index contributed by atoms with van der Waals surface area (Å²) in [4.78, 5) is 13.6. The van der Waals surface area contributed by atoms with Gasteiger partial charge in [-0.3, -0.25) is 4.79 Å². The number of ether oxygens (including phenoxy) is 1. The van der Waals surface area contributed by atoms with E-state index >= 15 is 0 Å². The monoisotopic (exact) mass is 373 g/mol. The van der Waals surface area contributed by atoms with Crippen LogP contribution in [0.15, 0.2) is 48.5 Å². The van der Waals surface area contributed by atoms with Crippen LogP contribution in [0.5, 0.6) is 5.75 Å². The molecule has 0 heterocycles. The highest BCUT2D eigenvalue weighted by Gasteiger charge is 2.29. The molecule has 0 saturated heterocycles. The zero-order chi connectivity index (χ0) is 19.3. The Balaban J connectivity index is 1.93. The maximum atomic E-state index is 12.5. The van der Waals surface area contributed by atoms with E-state index < -0.39 is 18.4 Å². The summed E-state index contributed by atoms with van der Waals surface area (Å²) in [6, 6.07) is 10.3. The highest BCUT2D eigenvalue weighted by Crippen LogP contribution is 2.29. The van der Waals surface area contributed by atoms with Gasteiger partial charge in [0.15, 0.2) is 0 Å². The van der Waals surface area contributed by atoms with Crippen molar-refractivity contribution < 1.29 is 31.5 Å². The Labute approximate surface area is 147 Å². The molecule has 1 amide bonds. The number of likely N-dealkylation sites (N-methyl/N-ethyl adjacent to an activating group) is 1. The third-order valence-electron chi connectivity index (χ3n) is 3.63. The van der Waals surface area contributed by atoms with Crippen LogP contribution in [0.1, 0.15) is 16.7 Å². The maximum absolute atomic E-state index is 12.5. The van der Waals surface area contributed by atoms with Gasteiger partial charge in [-0.05, 0) is 35.4 Å². The molecule has 0 bridgehead atoms. The summed E-state index contributed by atoms with van der Waals surface area (Å²) in [6.07, 6.45) is -4.37. The van der Waals surface area contributed by atoms with Crippen molar-refractivity contribution in [2.45, 2.75) is 25.8 Å². The summed E-state index contributed by atoms with van der Waals surface area (Å²) >= 11 is 0. The number of carbonyl (C=O) groups excluding carboxylic acids is 1. The van der Waals surface area contributed by atoms with E-state index in [1.165, 1.54) is 48.3 Å². The average Bonchev–Trinajstić information content (AvgIpc) is 2.55. The molecule has 0 atom stereocenters. The van der Waals surface area contributed by atoms with Crippen LogP contribution < -0.4 is 4.74 Å². The Kier molecular flexibility index (Phi) is 6.18. The Hall–Kier alpha value is -2.64. The molecule has 0 aromatic heterocycles. The van der Waals surface area contributed by atoms with Crippen LogP contribution in [0.2, 0.25) is 0 Å². The van der Waals surface area contributed by atoms with E-state index in [1.54, 1.807) is 0 Å². The molecule has 140 valence electrons. The van der Waals surface area contributed by atoms with Crippen molar-refractivity contribution in [3.05, 3.63) is 65.2 Å². The van der Waals surface area contributed by atoms with Crippen molar-refractivity contribution in [2.24, 2.45) is 0 Å². The fourth-order valence-corrected chi connectivity index (χ4v) is 2.26. The number of amides is 1. The molecule has 2 aromatic carbocycles. The summed E-state index contributed by atoms with van der Waals surface area (Å²) < 4.78 is 66.0. The van der Waals surface area contributed by atoms with Crippen LogP contribution in [0.3, 0.4) is 0 Å². The summed E-state index contributed by atoms with van der Waals surface area (Å²) in [6.45, 7) is -2.76. The molecule has 0 aliphatic heterocycles. The quantitative estimate of drug-likeness (QED) is 0.698. The summed E-state index contributed by atoms with van der Waals surface area (Å²) in [5, 5.41) is 0. The molecule has 26 heavy (non-hydrogen) atoms. The van der Waals surface area contributed by atoms with Gasteiger partial charge in [0.25, 0.3) is 0 Å². The van der Waals surface area contributed by atoms with Crippen molar-refractivity contribution >= 4 is 5.91 Å². The first kappa shape index (κ1) is 19.7. The van der Waals surface area contributed by atoms with Crippen molar-refractivity contribution in [3.63, 3.8) is 0 Å². The summed E-state index contributed by atoms with van der Waals surface area (Å²) in [7, 11) is 1.54. The Morgan fingerprint density at radius 1 is 1.00 bits per heavy atom. The fraction of sp³-hybridized carbons (Fsp3) is 0.278. The number of rotatable bonds is 6. The van der Waals surface area contributed by atoms with Gasteiger partial charge in [0.05, 0.1) is 12.0 Å². The molecule has 0 radical (unpaired) electrons. The molecular weight excluding hydrogens is 357 g/mol. The molecule has 0 N–H and O–H groups in total.